The third-order valence-electron chi connectivity index (χ3n) is 3.55. The highest BCUT2D eigenvalue weighted by atomic mass is 32.2. The Morgan fingerprint density at radius 3 is 2.57 bits per heavy atom. The van der Waals surface area contributed by atoms with Gasteiger partial charge in [-0.05, 0) is 55.5 Å². The summed E-state index contributed by atoms with van der Waals surface area (Å²) in [6, 6.07) is 8.14. The SMILES string of the molecule is CC(=O)Nc1c(C)noc1C=Cc1ccc(S(=O)(=O)Nc2ccc(F)cc2)s1. The molecule has 0 aliphatic carbocycles. The van der Waals surface area contributed by atoms with Crippen LogP contribution >= 0.6 is 11.3 Å². The van der Waals surface area contributed by atoms with E-state index in [4.69, 9.17) is 4.52 Å². The molecule has 1 aromatic carbocycles. The number of thiophene rings is 1. The second-order valence-corrected chi connectivity index (χ2v) is 8.82. The van der Waals surface area contributed by atoms with E-state index in [-0.39, 0.29) is 15.8 Å². The molecule has 0 atom stereocenters. The van der Waals surface area contributed by atoms with Crippen molar-refractivity contribution in [2.24, 2.45) is 0 Å². The van der Waals surface area contributed by atoms with Gasteiger partial charge >= 0.3 is 0 Å². The number of aromatic nitrogens is 1. The average molecular weight is 421 g/mol. The first-order valence-corrected chi connectivity index (χ1v) is 10.3. The number of nitrogens with one attached hydrogen (secondary N) is 2. The number of anilines is 2. The summed E-state index contributed by atoms with van der Waals surface area (Å²) in [7, 11) is -3.79. The van der Waals surface area contributed by atoms with Gasteiger partial charge in [0.05, 0.1) is 0 Å². The number of rotatable bonds is 6. The van der Waals surface area contributed by atoms with Crippen molar-refractivity contribution in [1.29, 1.82) is 0 Å². The maximum absolute atomic E-state index is 13.0. The molecule has 10 heteroatoms. The highest BCUT2D eigenvalue weighted by molar-refractivity contribution is 7.94. The molecule has 0 aliphatic heterocycles. The van der Waals surface area contributed by atoms with E-state index in [9.17, 15) is 17.6 Å². The molecule has 3 aromatic rings. The van der Waals surface area contributed by atoms with Crippen LogP contribution in [0.25, 0.3) is 12.2 Å². The molecule has 2 heterocycles. The van der Waals surface area contributed by atoms with Gasteiger partial charge in [-0.25, -0.2) is 12.8 Å². The lowest BCUT2D eigenvalue weighted by Crippen LogP contribution is -2.11. The third-order valence-corrected chi connectivity index (χ3v) is 6.48. The van der Waals surface area contributed by atoms with Gasteiger partial charge < -0.3 is 9.84 Å². The molecule has 0 saturated carbocycles. The van der Waals surface area contributed by atoms with E-state index >= 15 is 0 Å². The van der Waals surface area contributed by atoms with Crippen molar-refractivity contribution in [3.63, 3.8) is 0 Å². The molecule has 0 spiro atoms. The minimum absolute atomic E-state index is 0.104. The molecule has 0 fully saturated rings. The predicted molar refractivity (Wildman–Crippen MR) is 106 cm³/mol. The summed E-state index contributed by atoms with van der Waals surface area (Å²) < 4.78 is 45.5. The fourth-order valence-electron chi connectivity index (χ4n) is 2.28. The molecule has 1 amide bonds. The van der Waals surface area contributed by atoms with Gasteiger partial charge in [-0.2, -0.15) is 0 Å². The largest absolute Gasteiger partial charge is 0.354 e. The second kappa shape index (κ2) is 7.95. The van der Waals surface area contributed by atoms with Gasteiger partial charge in [0.25, 0.3) is 10.0 Å². The monoisotopic (exact) mass is 421 g/mol. The Bertz CT molecular complexity index is 1130. The van der Waals surface area contributed by atoms with E-state index < -0.39 is 15.8 Å². The molecule has 2 aromatic heterocycles. The molecule has 3 rings (SSSR count). The number of halogens is 1. The van der Waals surface area contributed by atoms with Gasteiger partial charge in [0.15, 0.2) is 5.76 Å². The Balaban J connectivity index is 1.78. The summed E-state index contributed by atoms with van der Waals surface area (Å²) >= 11 is 1.05. The molecule has 7 nitrogen and oxygen atoms in total. The zero-order valence-electron chi connectivity index (χ0n) is 14.9. The molecule has 0 unspecified atom stereocenters. The van der Waals surface area contributed by atoms with Crippen molar-refractivity contribution in [1.82, 2.24) is 5.16 Å². The van der Waals surface area contributed by atoms with Crippen molar-refractivity contribution >= 4 is 50.8 Å². The average Bonchev–Trinajstić information content (AvgIpc) is 3.23. The molecule has 0 saturated heterocycles. The minimum Gasteiger partial charge on any atom is -0.354 e. The summed E-state index contributed by atoms with van der Waals surface area (Å²) in [6.07, 6.45) is 3.26. The smallest absolute Gasteiger partial charge is 0.271 e. The summed E-state index contributed by atoms with van der Waals surface area (Å²) in [5.41, 5.74) is 1.27. The number of carbonyl (C=O) groups is 1. The van der Waals surface area contributed by atoms with Crippen molar-refractivity contribution in [3.05, 3.63) is 58.5 Å². The van der Waals surface area contributed by atoms with Gasteiger partial charge in [-0.15, -0.1) is 11.3 Å². The number of nitrogens with zero attached hydrogens (tertiary/aromatic N) is 1. The Labute approximate surface area is 164 Å². The molecule has 0 aliphatic rings. The number of aryl methyl sites for hydroxylation is 1. The van der Waals surface area contributed by atoms with Gasteiger partial charge in [-0.3, -0.25) is 9.52 Å². The lowest BCUT2D eigenvalue weighted by Gasteiger charge is -2.05. The minimum atomic E-state index is -3.79. The molecule has 0 radical (unpaired) electrons. The lowest BCUT2D eigenvalue weighted by molar-refractivity contribution is -0.114. The number of hydrogen-bond acceptors (Lipinski definition) is 6. The predicted octanol–water partition coefficient (Wildman–Crippen LogP) is 4.11. The number of amides is 1. The van der Waals surface area contributed by atoms with Crippen LogP contribution < -0.4 is 10.0 Å². The molecule has 0 bridgehead atoms. The quantitative estimate of drug-likeness (QED) is 0.624. The first-order chi connectivity index (χ1) is 13.2. The fraction of sp³-hybridized carbons (Fsp3) is 0.111. The maximum atomic E-state index is 13.0. The van der Waals surface area contributed by atoms with Gasteiger partial charge in [0.2, 0.25) is 5.91 Å². The number of carbonyl (C=O) groups excluding carboxylic acids is 1. The van der Waals surface area contributed by atoms with Crippen molar-refractivity contribution in [2.45, 2.75) is 18.1 Å². The maximum Gasteiger partial charge on any atom is 0.271 e. The van der Waals surface area contributed by atoms with E-state index in [2.05, 4.69) is 15.2 Å². The van der Waals surface area contributed by atoms with Crippen LogP contribution in [0, 0.1) is 12.7 Å². The van der Waals surface area contributed by atoms with Gasteiger partial charge in [-0.1, -0.05) is 5.16 Å². The Morgan fingerprint density at radius 1 is 1.18 bits per heavy atom. The standard InChI is InChI=1S/C18H16FN3O4S2/c1-11-18(20-12(2)23)16(26-21-11)9-7-15-8-10-17(27-15)28(24,25)22-14-5-3-13(19)4-6-14/h3-10,22H,1-2H3,(H,20,23). The second-order valence-electron chi connectivity index (χ2n) is 5.79. The van der Waals surface area contributed by atoms with Crippen LogP contribution in [0.3, 0.4) is 0 Å². The van der Waals surface area contributed by atoms with E-state index in [0.29, 0.717) is 22.0 Å². The summed E-state index contributed by atoms with van der Waals surface area (Å²) in [5, 5.41) is 6.45. The normalized spacial score (nSPS) is 11.7. The van der Waals surface area contributed by atoms with Crippen LogP contribution in [0.15, 0.2) is 45.1 Å². The third kappa shape index (κ3) is 4.65. The van der Waals surface area contributed by atoms with E-state index in [1.54, 1.807) is 25.1 Å². The zero-order chi connectivity index (χ0) is 20.3. The Kier molecular flexibility index (Phi) is 5.61. The lowest BCUT2D eigenvalue weighted by atomic mass is 10.2. The highest BCUT2D eigenvalue weighted by Gasteiger charge is 2.17. The van der Waals surface area contributed by atoms with Gasteiger partial charge in [0, 0.05) is 17.5 Å². The highest BCUT2D eigenvalue weighted by Crippen LogP contribution is 2.27. The molecule has 146 valence electrons. The Morgan fingerprint density at radius 2 is 1.89 bits per heavy atom. The number of hydrogen-bond donors (Lipinski definition) is 2. The molecular formula is C18H16FN3O4S2. The van der Waals surface area contributed by atoms with Gasteiger partial charge in [0.1, 0.15) is 21.4 Å². The Hall–Kier alpha value is -2.98. The summed E-state index contributed by atoms with van der Waals surface area (Å²) in [4.78, 5) is 11.9. The molecule has 2 N–H and O–H groups in total. The number of benzene rings is 1. The topological polar surface area (TPSA) is 101 Å². The van der Waals surface area contributed by atoms with Crippen LogP contribution in [-0.4, -0.2) is 19.5 Å². The molecular weight excluding hydrogens is 405 g/mol. The first-order valence-electron chi connectivity index (χ1n) is 8.05. The van der Waals surface area contributed by atoms with Crippen LogP contribution in [0.5, 0.6) is 0 Å². The van der Waals surface area contributed by atoms with Crippen LogP contribution in [0.2, 0.25) is 0 Å². The van der Waals surface area contributed by atoms with E-state index in [1.807, 2.05) is 0 Å². The summed E-state index contributed by atoms with van der Waals surface area (Å²) in [5.74, 6) is -0.347. The van der Waals surface area contributed by atoms with E-state index in [1.165, 1.54) is 37.3 Å². The summed E-state index contributed by atoms with van der Waals surface area (Å²) in [6.45, 7) is 3.08. The molecule has 28 heavy (non-hydrogen) atoms. The number of sulfonamides is 1. The zero-order valence-corrected chi connectivity index (χ0v) is 16.5. The van der Waals surface area contributed by atoms with Crippen molar-refractivity contribution in [3.8, 4) is 0 Å². The first kappa shape index (κ1) is 19.8. The van der Waals surface area contributed by atoms with Crippen molar-refractivity contribution in [2.75, 3.05) is 10.0 Å². The van der Waals surface area contributed by atoms with Crippen LogP contribution in [0.1, 0.15) is 23.3 Å². The van der Waals surface area contributed by atoms with Crippen molar-refractivity contribution < 1.29 is 22.1 Å². The fourth-order valence-corrected chi connectivity index (χ4v) is 4.57. The van der Waals surface area contributed by atoms with E-state index in [0.717, 1.165) is 11.3 Å². The van der Waals surface area contributed by atoms with Crippen LogP contribution in [0.4, 0.5) is 15.8 Å². The van der Waals surface area contributed by atoms with Crippen LogP contribution in [-0.2, 0) is 14.8 Å².